The Morgan fingerprint density at radius 1 is 0.692 bits per heavy atom. The van der Waals surface area contributed by atoms with E-state index in [4.69, 9.17) is 0 Å². The normalized spacial score (nSPS) is 11.7. The summed E-state index contributed by atoms with van der Waals surface area (Å²) in [6, 6.07) is 27.8. The molecule has 0 aromatic heterocycles. The third kappa shape index (κ3) is 2.95. The van der Waals surface area contributed by atoms with Crippen molar-refractivity contribution < 1.29 is 4.79 Å². The molecule has 0 aliphatic rings. The topological polar surface area (TPSA) is 41.5 Å². The van der Waals surface area contributed by atoms with Crippen LogP contribution in [0.25, 0.3) is 21.5 Å². The van der Waals surface area contributed by atoms with Gasteiger partial charge in [0.2, 0.25) is 0 Å². The van der Waals surface area contributed by atoms with Crippen LogP contribution in [-0.2, 0) is 0 Å². The maximum atomic E-state index is 12.6. The monoisotopic (exact) mass is 338 g/mol. The third-order valence-electron chi connectivity index (χ3n) is 4.54. The van der Waals surface area contributed by atoms with Crippen LogP contribution >= 0.6 is 0 Å². The first kappa shape index (κ1) is 16.0. The number of nitrogens with zero attached hydrogens (tertiary/aromatic N) is 1. The van der Waals surface area contributed by atoms with Crippen LogP contribution in [0.3, 0.4) is 0 Å². The van der Waals surface area contributed by atoms with Gasteiger partial charge < -0.3 is 0 Å². The number of rotatable bonds is 3. The van der Waals surface area contributed by atoms with E-state index in [9.17, 15) is 4.79 Å². The van der Waals surface area contributed by atoms with Crippen molar-refractivity contribution in [3.8, 4) is 0 Å². The molecule has 0 atom stereocenters. The molecule has 0 aliphatic carbocycles. The van der Waals surface area contributed by atoms with Crippen LogP contribution < -0.4 is 5.43 Å². The summed E-state index contributed by atoms with van der Waals surface area (Å²) in [5, 5.41) is 8.58. The highest BCUT2D eigenvalue weighted by atomic mass is 16.2. The molecule has 0 spiro atoms. The molecule has 0 heterocycles. The first-order chi connectivity index (χ1) is 12.7. The molecule has 4 aromatic carbocycles. The van der Waals surface area contributed by atoms with Gasteiger partial charge in [-0.15, -0.1) is 0 Å². The van der Waals surface area contributed by atoms with Crippen molar-refractivity contribution in [3.05, 3.63) is 96.1 Å². The maximum absolute atomic E-state index is 12.6. The Hall–Kier alpha value is -3.46. The molecule has 1 N–H and O–H groups in total. The number of benzene rings is 4. The Bertz CT molecular complexity index is 1130. The second-order valence-corrected chi connectivity index (χ2v) is 6.19. The molecule has 0 fully saturated rings. The average molecular weight is 338 g/mol. The average Bonchev–Trinajstić information content (AvgIpc) is 2.71. The van der Waals surface area contributed by atoms with E-state index >= 15 is 0 Å². The molecule has 0 unspecified atom stereocenters. The molecule has 4 rings (SSSR count). The minimum absolute atomic E-state index is 0.207. The van der Waals surface area contributed by atoms with Crippen molar-refractivity contribution in [2.24, 2.45) is 5.10 Å². The second-order valence-electron chi connectivity index (χ2n) is 6.19. The molecule has 3 nitrogen and oxygen atoms in total. The smallest absolute Gasteiger partial charge is 0.267 e. The molecule has 126 valence electrons. The van der Waals surface area contributed by atoms with E-state index in [-0.39, 0.29) is 5.91 Å². The number of fused-ring (bicyclic) bond motifs is 2. The largest absolute Gasteiger partial charge is 0.272 e. The number of nitrogens with one attached hydrogen (secondary N) is 1. The van der Waals surface area contributed by atoms with Crippen LogP contribution in [-0.4, -0.2) is 11.6 Å². The lowest BCUT2D eigenvalue weighted by Gasteiger charge is -2.08. The first-order valence-electron chi connectivity index (χ1n) is 8.54. The molecule has 1 amide bonds. The van der Waals surface area contributed by atoms with Crippen LogP contribution in [0.4, 0.5) is 0 Å². The molecule has 0 aliphatic heterocycles. The predicted molar refractivity (Wildman–Crippen MR) is 108 cm³/mol. The van der Waals surface area contributed by atoms with E-state index in [1.54, 1.807) is 0 Å². The summed E-state index contributed by atoms with van der Waals surface area (Å²) >= 11 is 0. The summed E-state index contributed by atoms with van der Waals surface area (Å²) in [4.78, 5) is 12.6. The molecule has 26 heavy (non-hydrogen) atoms. The number of carbonyl (C=O) groups is 1. The lowest BCUT2D eigenvalue weighted by molar-refractivity contribution is 0.0956. The molecular formula is C23H18N2O. The van der Waals surface area contributed by atoms with Gasteiger partial charge in [0.05, 0.1) is 5.71 Å². The zero-order chi connectivity index (χ0) is 17.9. The minimum Gasteiger partial charge on any atom is -0.267 e. The van der Waals surface area contributed by atoms with Crippen molar-refractivity contribution in [1.29, 1.82) is 0 Å². The van der Waals surface area contributed by atoms with E-state index in [0.29, 0.717) is 5.56 Å². The summed E-state index contributed by atoms with van der Waals surface area (Å²) in [7, 11) is 0. The highest BCUT2D eigenvalue weighted by molar-refractivity contribution is 6.11. The van der Waals surface area contributed by atoms with Gasteiger partial charge in [0, 0.05) is 11.1 Å². The van der Waals surface area contributed by atoms with Crippen molar-refractivity contribution in [2.45, 2.75) is 6.92 Å². The van der Waals surface area contributed by atoms with Crippen LogP contribution in [0.1, 0.15) is 22.8 Å². The molecule has 0 radical (unpaired) electrons. The second kappa shape index (κ2) is 6.81. The molecule has 0 bridgehead atoms. The molecular weight excluding hydrogens is 320 g/mol. The van der Waals surface area contributed by atoms with E-state index in [1.165, 1.54) is 0 Å². The van der Waals surface area contributed by atoms with Gasteiger partial charge in [-0.05, 0) is 34.5 Å². The van der Waals surface area contributed by atoms with Crippen LogP contribution in [0.5, 0.6) is 0 Å². The van der Waals surface area contributed by atoms with Crippen molar-refractivity contribution in [3.63, 3.8) is 0 Å². The lowest BCUT2D eigenvalue weighted by atomic mass is 10.0. The zero-order valence-corrected chi connectivity index (χ0v) is 14.4. The van der Waals surface area contributed by atoms with E-state index < -0.39 is 0 Å². The van der Waals surface area contributed by atoms with Gasteiger partial charge in [0.25, 0.3) is 5.91 Å². The molecule has 3 heteroatoms. The van der Waals surface area contributed by atoms with E-state index in [1.807, 2.05) is 73.7 Å². The van der Waals surface area contributed by atoms with Crippen molar-refractivity contribution in [1.82, 2.24) is 5.43 Å². The maximum Gasteiger partial charge on any atom is 0.272 e. The fourth-order valence-corrected chi connectivity index (χ4v) is 3.22. The first-order valence-corrected chi connectivity index (χ1v) is 8.54. The standard InChI is InChI=1S/C23H18N2O/c1-16(19-14-6-10-17-8-2-4-12-20(17)19)24-25-23(26)22-15-7-11-18-9-3-5-13-21(18)22/h2-15H,1H3,(H,25,26)/b24-16-. The fraction of sp³-hybridized carbons (Fsp3) is 0.0435. The van der Waals surface area contributed by atoms with Gasteiger partial charge in [-0.25, -0.2) is 5.43 Å². The highest BCUT2D eigenvalue weighted by Crippen LogP contribution is 2.20. The predicted octanol–water partition coefficient (Wildman–Crippen LogP) is 5.15. The number of amides is 1. The highest BCUT2D eigenvalue weighted by Gasteiger charge is 2.09. The SMILES string of the molecule is C/C(=N/NC(=O)c1cccc2ccccc12)c1cccc2ccccc12. The summed E-state index contributed by atoms with van der Waals surface area (Å²) in [6.45, 7) is 1.91. The van der Waals surface area contributed by atoms with Gasteiger partial charge in [0.15, 0.2) is 0 Å². The van der Waals surface area contributed by atoms with Gasteiger partial charge in [-0.2, -0.15) is 5.10 Å². The molecule has 0 saturated heterocycles. The zero-order valence-electron chi connectivity index (χ0n) is 14.4. The Balaban J connectivity index is 1.65. The summed E-state index contributed by atoms with van der Waals surface area (Å²) in [6.07, 6.45) is 0. The number of hydrogen-bond donors (Lipinski definition) is 1. The lowest BCUT2D eigenvalue weighted by Crippen LogP contribution is -2.19. The Morgan fingerprint density at radius 2 is 1.19 bits per heavy atom. The summed E-state index contributed by atoms with van der Waals surface area (Å²) in [5.41, 5.74) is 5.11. The Kier molecular flexibility index (Phi) is 4.20. The fourth-order valence-electron chi connectivity index (χ4n) is 3.22. The van der Waals surface area contributed by atoms with Crippen LogP contribution in [0.2, 0.25) is 0 Å². The Morgan fingerprint density at radius 3 is 1.85 bits per heavy atom. The summed E-state index contributed by atoms with van der Waals surface area (Å²) < 4.78 is 0. The number of hydrogen-bond acceptors (Lipinski definition) is 2. The molecule has 0 saturated carbocycles. The summed E-state index contributed by atoms with van der Waals surface area (Å²) in [5.74, 6) is -0.207. The Labute approximate surface area is 152 Å². The van der Waals surface area contributed by atoms with Gasteiger partial charge in [-0.1, -0.05) is 78.9 Å². The van der Waals surface area contributed by atoms with Crippen molar-refractivity contribution in [2.75, 3.05) is 0 Å². The van der Waals surface area contributed by atoms with Gasteiger partial charge in [-0.3, -0.25) is 4.79 Å². The third-order valence-corrected chi connectivity index (χ3v) is 4.54. The van der Waals surface area contributed by atoms with Crippen LogP contribution in [0, 0.1) is 0 Å². The minimum atomic E-state index is -0.207. The van der Waals surface area contributed by atoms with Crippen LogP contribution in [0.15, 0.2) is 90.0 Å². The van der Waals surface area contributed by atoms with E-state index in [0.717, 1.165) is 32.8 Å². The van der Waals surface area contributed by atoms with E-state index in [2.05, 4.69) is 28.7 Å². The number of hydrazone groups is 1. The van der Waals surface area contributed by atoms with Crippen molar-refractivity contribution >= 4 is 33.2 Å². The quantitative estimate of drug-likeness (QED) is 0.407. The number of carbonyl (C=O) groups excluding carboxylic acids is 1. The van der Waals surface area contributed by atoms with Gasteiger partial charge in [0.1, 0.15) is 0 Å². The van der Waals surface area contributed by atoms with Gasteiger partial charge >= 0.3 is 0 Å². The molecule has 4 aromatic rings.